The van der Waals surface area contributed by atoms with Crippen LogP contribution in [0.2, 0.25) is 0 Å². The van der Waals surface area contributed by atoms with E-state index in [1.165, 1.54) is 0 Å². The fourth-order valence-corrected chi connectivity index (χ4v) is 1.53. The Morgan fingerprint density at radius 1 is 1.43 bits per heavy atom. The molecule has 0 saturated carbocycles. The van der Waals surface area contributed by atoms with Gasteiger partial charge in [-0.15, -0.1) is 0 Å². The lowest BCUT2D eigenvalue weighted by molar-refractivity contribution is -0.137. The lowest BCUT2D eigenvalue weighted by atomic mass is 9.97. The van der Waals surface area contributed by atoms with Crippen molar-refractivity contribution in [3.8, 4) is 0 Å². The van der Waals surface area contributed by atoms with Crippen molar-refractivity contribution in [1.82, 2.24) is 4.98 Å². The molecule has 1 aromatic heterocycles. The summed E-state index contributed by atoms with van der Waals surface area (Å²) in [6.45, 7) is 5.76. The predicted molar refractivity (Wildman–Crippen MR) is 54.4 cm³/mol. The molecule has 0 amide bonds. The normalized spacial score (nSPS) is 12.5. The van der Waals surface area contributed by atoms with Crippen LogP contribution in [0.5, 0.6) is 0 Å². The van der Waals surface area contributed by atoms with Crippen LogP contribution in [0.25, 0.3) is 0 Å². The second kappa shape index (κ2) is 4.22. The van der Waals surface area contributed by atoms with E-state index in [-0.39, 0.29) is 12.3 Å². The van der Waals surface area contributed by atoms with Gasteiger partial charge in [-0.1, -0.05) is 6.92 Å². The van der Waals surface area contributed by atoms with Crippen molar-refractivity contribution in [1.29, 1.82) is 0 Å². The van der Waals surface area contributed by atoms with Gasteiger partial charge >= 0.3 is 5.97 Å². The minimum Gasteiger partial charge on any atom is -0.481 e. The standard InChI is InChI=1S/C11H15NO2/c1-7(4-11(13)14)10-5-8(2)12-9(3)6-10/h5-7H,4H2,1-3H3,(H,13,14). The largest absolute Gasteiger partial charge is 0.481 e. The van der Waals surface area contributed by atoms with E-state index in [2.05, 4.69) is 4.98 Å². The molecule has 1 heterocycles. The van der Waals surface area contributed by atoms with E-state index in [0.29, 0.717) is 0 Å². The summed E-state index contributed by atoms with van der Waals surface area (Å²) in [7, 11) is 0. The molecule has 3 heteroatoms. The molecule has 76 valence electrons. The number of aliphatic carboxylic acids is 1. The molecule has 0 aliphatic carbocycles. The summed E-state index contributed by atoms with van der Waals surface area (Å²) in [5.41, 5.74) is 2.94. The SMILES string of the molecule is Cc1cc(C(C)CC(=O)O)cc(C)n1. The van der Waals surface area contributed by atoms with Crippen LogP contribution < -0.4 is 0 Å². The number of nitrogens with zero attached hydrogens (tertiary/aromatic N) is 1. The molecule has 0 aromatic carbocycles. The molecule has 0 bridgehead atoms. The monoisotopic (exact) mass is 193 g/mol. The third-order valence-electron chi connectivity index (χ3n) is 2.15. The molecule has 0 radical (unpaired) electrons. The molecule has 0 spiro atoms. The summed E-state index contributed by atoms with van der Waals surface area (Å²) in [5, 5.41) is 8.67. The van der Waals surface area contributed by atoms with Gasteiger partial charge in [0, 0.05) is 11.4 Å². The first-order chi connectivity index (χ1) is 6.49. The maximum Gasteiger partial charge on any atom is 0.303 e. The van der Waals surface area contributed by atoms with Crippen LogP contribution in [-0.4, -0.2) is 16.1 Å². The van der Waals surface area contributed by atoms with Crippen molar-refractivity contribution in [2.75, 3.05) is 0 Å². The van der Waals surface area contributed by atoms with Crippen molar-refractivity contribution in [3.05, 3.63) is 29.1 Å². The van der Waals surface area contributed by atoms with Gasteiger partial charge < -0.3 is 5.11 Å². The minimum absolute atomic E-state index is 0.0490. The molecule has 3 nitrogen and oxygen atoms in total. The number of carboxylic acids is 1. The van der Waals surface area contributed by atoms with Crippen molar-refractivity contribution < 1.29 is 9.90 Å². The maximum atomic E-state index is 10.5. The van der Waals surface area contributed by atoms with E-state index >= 15 is 0 Å². The summed E-state index contributed by atoms with van der Waals surface area (Å²) >= 11 is 0. The first-order valence-corrected chi connectivity index (χ1v) is 4.66. The van der Waals surface area contributed by atoms with Gasteiger partial charge in [0.1, 0.15) is 0 Å². The average Bonchev–Trinajstić information content (AvgIpc) is 2.00. The summed E-state index contributed by atoms with van der Waals surface area (Å²) in [5.74, 6) is -0.711. The van der Waals surface area contributed by atoms with Gasteiger partial charge in [0.05, 0.1) is 6.42 Å². The van der Waals surface area contributed by atoms with E-state index in [9.17, 15) is 4.79 Å². The van der Waals surface area contributed by atoms with Crippen molar-refractivity contribution in [3.63, 3.8) is 0 Å². The number of carboxylic acid groups (broad SMARTS) is 1. The molecule has 0 fully saturated rings. The van der Waals surface area contributed by atoms with Crippen molar-refractivity contribution in [2.24, 2.45) is 0 Å². The Kier molecular flexibility index (Phi) is 3.23. The molecule has 1 aromatic rings. The Labute approximate surface area is 83.8 Å². The zero-order valence-electron chi connectivity index (χ0n) is 8.74. The molecule has 1 rings (SSSR count). The number of aromatic nitrogens is 1. The van der Waals surface area contributed by atoms with Crippen LogP contribution in [0.3, 0.4) is 0 Å². The topological polar surface area (TPSA) is 50.2 Å². The van der Waals surface area contributed by atoms with Gasteiger partial charge in [-0.25, -0.2) is 0 Å². The predicted octanol–water partition coefficient (Wildman–Crippen LogP) is 2.28. The summed E-state index contributed by atoms with van der Waals surface area (Å²) in [6.07, 6.45) is 0.170. The Hall–Kier alpha value is -1.38. The number of hydrogen-bond acceptors (Lipinski definition) is 2. The van der Waals surface area contributed by atoms with Crippen LogP contribution in [0, 0.1) is 13.8 Å². The third kappa shape index (κ3) is 2.83. The zero-order valence-corrected chi connectivity index (χ0v) is 8.74. The lowest BCUT2D eigenvalue weighted by Crippen LogP contribution is -2.04. The van der Waals surface area contributed by atoms with Gasteiger partial charge in [-0.2, -0.15) is 0 Å². The highest BCUT2D eigenvalue weighted by Crippen LogP contribution is 2.20. The first-order valence-electron chi connectivity index (χ1n) is 4.66. The molecule has 0 saturated heterocycles. The molecule has 1 unspecified atom stereocenters. The van der Waals surface area contributed by atoms with Crippen molar-refractivity contribution in [2.45, 2.75) is 33.1 Å². The summed E-state index contributed by atoms with van der Waals surface area (Å²) in [6, 6.07) is 3.89. The Balaban J connectivity index is 2.89. The van der Waals surface area contributed by atoms with Crippen LogP contribution in [-0.2, 0) is 4.79 Å². The van der Waals surface area contributed by atoms with E-state index < -0.39 is 5.97 Å². The fourth-order valence-electron chi connectivity index (χ4n) is 1.53. The van der Waals surface area contributed by atoms with E-state index in [4.69, 9.17) is 5.11 Å². The van der Waals surface area contributed by atoms with E-state index in [1.807, 2.05) is 32.9 Å². The maximum absolute atomic E-state index is 10.5. The van der Waals surface area contributed by atoms with E-state index in [1.54, 1.807) is 0 Å². The fraction of sp³-hybridized carbons (Fsp3) is 0.455. The van der Waals surface area contributed by atoms with Crippen LogP contribution in [0.1, 0.15) is 36.2 Å². The molecule has 1 atom stereocenters. The number of rotatable bonds is 3. The smallest absolute Gasteiger partial charge is 0.303 e. The molecule has 1 N–H and O–H groups in total. The second-order valence-corrected chi connectivity index (χ2v) is 3.68. The molecular formula is C11H15NO2. The second-order valence-electron chi connectivity index (χ2n) is 3.68. The summed E-state index contributed by atoms with van der Waals surface area (Å²) < 4.78 is 0. The van der Waals surface area contributed by atoms with Crippen molar-refractivity contribution >= 4 is 5.97 Å². The van der Waals surface area contributed by atoms with E-state index in [0.717, 1.165) is 17.0 Å². The Morgan fingerprint density at radius 2 is 1.93 bits per heavy atom. The van der Waals surface area contributed by atoms with Gasteiger partial charge in [-0.05, 0) is 37.5 Å². The Bertz CT molecular complexity index is 327. The van der Waals surface area contributed by atoms with Crippen LogP contribution >= 0.6 is 0 Å². The lowest BCUT2D eigenvalue weighted by Gasteiger charge is -2.10. The van der Waals surface area contributed by atoms with Gasteiger partial charge in [-0.3, -0.25) is 9.78 Å². The highest BCUT2D eigenvalue weighted by Gasteiger charge is 2.10. The number of carbonyl (C=O) groups is 1. The minimum atomic E-state index is -0.760. The first kappa shape index (κ1) is 10.7. The van der Waals surface area contributed by atoms with Gasteiger partial charge in [0.15, 0.2) is 0 Å². The highest BCUT2D eigenvalue weighted by atomic mass is 16.4. The highest BCUT2D eigenvalue weighted by molar-refractivity contribution is 5.67. The number of aryl methyl sites for hydroxylation is 2. The molecule has 14 heavy (non-hydrogen) atoms. The third-order valence-corrected chi connectivity index (χ3v) is 2.15. The zero-order chi connectivity index (χ0) is 10.7. The van der Waals surface area contributed by atoms with Crippen LogP contribution in [0.15, 0.2) is 12.1 Å². The molecular weight excluding hydrogens is 178 g/mol. The summed E-state index contributed by atoms with van der Waals surface area (Å²) in [4.78, 5) is 14.8. The quantitative estimate of drug-likeness (QED) is 0.801. The number of pyridine rings is 1. The van der Waals surface area contributed by atoms with Gasteiger partial charge in [0.2, 0.25) is 0 Å². The molecule has 0 aliphatic heterocycles. The van der Waals surface area contributed by atoms with Gasteiger partial charge in [0.25, 0.3) is 0 Å². The average molecular weight is 193 g/mol. The Morgan fingerprint density at radius 3 is 2.36 bits per heavy atom. The number of hydrogen-bond donors (Lipinski definition) is 1. The van der Waals surface area contributed by atoms with Crippen LogP contribution in [0.4, 0.5) is 0 Å². The molecule has 0 aliphatic rings.